The third-order valence-electron chi connectivity index (χ3n) is 2.67. The molecule has 36 heavy (non-hydrogen) atoms. The Morgan fingerprint density at radius 2 is 0.250 bits per heavy atom. The van der Waals surface area contributed by atoms with Crippen molar-refractivity contribution in [3.63, 3.8) is 0 Å². The minimum Gasteiger partial charge on any atom is -0.107 e. The second-order valence-corrected chi connectivity index (χ2v) is 5.33. The predicted octanol–water partition coefficient (Wildman–Crippen LogP) is 12.0. The molecule has 0 N–H and O–H groups in total. The van der Waals surface area contributed by atoms with Crippen LogP contribution in [0.2, 0.25) is 0 Å². The first-order valence-electron chi connectivity index (χ1n) is 12.4. The van der Waals surface area contributed by atoms with Crippen LogP contribution in [0.5, 0.6) is 0 Å². The smallest absolute Gasteiger partial charge is 0.00271 e. The van der Waals surface area contributed by atoms with Crippen molar-refractivity contribution in [3.8, 4) is 47.4 Å². The minimum absolute atomic E-state index is 1.82. The molecule has 0 aliphatic heterocycles. The lowest BCUT2D eigenvalue weighted by Gasteiger charge is -1.49. The van der Waals surface area contributed by atoms with E-state index in [1.807, 2.05) is 185 Å². The summed E-state index contributed by atoms with van der Waals surface area (Å²) in [6.45, 7) is 34.6. The van der Waals surface area contributed by atoms with E-state index in [1.165, 1.54) is 0 Å². The second kappa shape index (κ2) is 137. The van der Waals surface area contributed by atoms with Gasteiger partial charge in [0, 0.05) is 0 Å². The molecule has 0 unspecified atom stereocenters. The van der Waals surface area contributed by atoms with E-state index < -0.39 is 0 Å². The molecule has 0 aromatic rings. The van der Waals surface area contributed by atoms with Crippen LogP contribution in [0.3, 0.4) is 0 Å². The maximum absolute atomic E-state index is 2.68. The Labute approximate surface area is 232 Å². The van der Waals surface area contributed by atoms with E-state index in [0.717, 1.165) is 0 Å². The molecule has 0 saturated carbocycles. The van der Waals surface area contributed by atoms with Gasteiger partial charge < -0.3 is 0 Å². The zero-order valence-electron chi connectivity index (χ0n) is 27.8. The Bertz CT molecular complexity index is 472. The Morgan fingerprint density at radius 1 is 0.194 bits per heavy atom. The molecule has 0 fully saturated rings. The van der Waals surface area contributed by atoms with Gasteiger partial charge in [0.05, 0.1) is 0 Å². The highest BCUT2D eigenvalue weighted by Crippen LogP contribution is 1.58. The standard InChI is InChI=1S/5C4H8.4C4H6/c9*1-3-4-2/h5*3-4H,1-2H3;4*1-2H3/b3*4-3+;2*4-3-;;;;. The van der Waals surface area contributed by atoms with Gasteiger partial charge in [-0.05, 0) is 125 Å². The van der Waals surface area contributed by atoms with Crippen LogP contribution in [-0.4, -0.2) is 0 Å². The van der Waals surface area contributed by atoms with Crippen molar-refractivity contribution in [2.45, 2.75) is 125 Å². The van der Waals surface area contributed by atoms with Crippen molar-refractivity contribution in [1.82, 2.24) is 0 Å². The lowest BCUT2D eigenvalue weighted by Crippen LogP contribution is -1.28. The quantitative estimate of drug-likeness (QED) is 0.231. The molecule has 0 aliphatic rings. The van der Waals surface area contributed by atoms with E-state index in [9.17, 15) is 0 Å². The van der Waals surface area contributed by atoms with Crippen molar-refractivity contribution in [2.75, 3.05) is 0 Å². The highest BCUT2D eigenvalue weighted by atomic mass is 13.4. The van der Waals surface area contributed by atoms with Gasteiger partial charge in [0.1, 0.15) is 0 Å². The summed E-state index contributed by atoms with van der Waals surface area (Å²) < 4.78 is 0. The zero-order chi connectivity index (χ0) is 30.7. The molecule has 0 rings (SSSR count). The maximum atomic E-state index is 2.68. The third kappa shape index (κ3) is 786. The van der Waals surface area contributed by atoms with Crippen LogP contribution < -0.4 is 0 Å². The summed E-state index contributed by atoms with van der Waals surface area (Å²) in [5, 5.41) is 0. The number of allylic oxidation sites excluding steroid dienone is 10. The molecule has 0 spiro atoms. The molecule has 0 nitrogen and oxygen atoms in total. The van der Waals surface area contributed by atoms with Crippen LogP contribution in [0.4, 0.5) is 0 Å². The summed E-state index contributed by atoms with van der Waals surface area (Å²) >= 11 is 0. The van der Waals surface area contributed by atoms with Crippen molar-refractivity contribution < 1.29 is 0 Å². The highest BCUT2D eigenvalue weighted by molar-refractivity contribution is 4.90. The normalized spacial score (nSPS) is 6.83. The average molecular weight is 497 g/mol. The minimum atomic E-state index is 1.82. The Morgan fingerprint density at radius 3 is 0.250 bits per heavy atom. The van der Waals surface area contributed by atoms with Crippen molar-refractivity contribution in [1.29, 1.82) is 0 Å². The molecule has 0 saturated heterocycles. The summed E-state index contributed by atoms with van der Waals surface area (Å²) in [5.41, 5.74) is 0. The molecule has 0 heteroatoms. The SMILES string of the molecule is C/C=C/C.C/C=C/C.C/C=C/C.C/C=C\C.C/C=C\C.CC#CC.CC#CC.CC#CC.CC#CC. The van der Waals surface area contributed by atoms with Gasteiger partial charge in [-0.1, -0.05) is 60.8 Å². The Hall–Kier alpha value is -3.06. The van der Waals surface area contributed by atoms with Crippen molar-refractivity contribution in [2.24, 2.45) is 0 Å². The summed E-state index contributed by atoms with van der Waals surface area (Å²) in [4.78, 5) is 0. The monoisotopic (exact) mass is 497 g/mol. The van der Waals surface area contributed by atoms with Gasteiger partial charge in [0.2, 0.25) is 0 Å². The highest BCUT2D eigenvalue weighted by Gasteiger charge is 1.36. The van der Waals surface area contributed by atoms with Gasteiger partial charge >= 0.3 is 0 Å². The lowest BCUT2D eigenvalue weighted by atomic mass is 10.6. The predicted molar refractivity (Wildman–Crippen MR) is 179 cm³/mol. The fourth-order valence-corrected chi connectivity index (χ4v) is 0. The molecule has 0 aromatic heterocycles. The van der Waals surface area contributed by atoms with E-state index in [4.69, 9.17) is 0 Å². The average Bonchev–Trinajstić information content (AvgIpc) is 2.97. The topological polar surface area (TPSA) is 0 Å². The maximum Gasteiger partial charge on any atom is -0.00271 e. The Kier molecular flexibility index (Phi) is 223. The molecular formula is C36H64. The largest absolute Gasteiger partial charge is 0.107 e. The van der Waals surface area contributed by atoms with Gasteiger partial charge in [-0.3, -0.25) is 0 Å². The van der Waals surface area contributed by atoms with Gasteiger partial charge in [-0.15, -0.1) is 47.4 Å². The van der Waals surface area contributed by atoms with Crippen LogP contribution in [0.15, 0.2) is 60.8 Å². The van der Waals surface area contributed by atoms with Gasteiger partial charge in [0.15, 0.2) is 0 Å². The van der Waals surface area contributed by atoms with Crippen LogP contribution >= 0.6 is 0 Å². The molecule has 0 atom stereocenters. The van der Waals surface area contributed by atoms with E-state index in [-0.39, 0.29) is 0 Å². The fraction of sp³-hybridized carbons (Fsp3) is 0.500. The zero-order valence-corrected chi connectivity index (χ0v) is 27.8. The molecule has 0 amide bonds. The van der Waals surface area contributed by atoms with Crippen LogP contribution in [0.1, 0.15) is 125 Å². The second-order valence-electron chi connectivity index (χ2n) is 5.33. The molecule has 208 valence electrons. The van der Waals surface area contributed by atoms with Crippen LogP contribution in [-0.2, 0) is 0 Å². The first-order valence-corrected chi connectivity index (χ1v) is 12.4. The number of hydrogen-bond acceptors (Lipinski definition) is 0. The van der Waals surface area contributed by atoms with E-state index in [1.54, 1.807) is 0 Å². The molecular weight excluding hydrogens is 432 g/mol. The molecule has 0 aromatic carbocycles. The first kappa shape index (κ1) is 58.6. The Balaban J connectivity index is -0.0000000325. The van der Waals surface area contributed by atoms with Crippen LogP contribution in [0, 0.1) is 47.4 Å². The molecule has 0 radical (unpaired) electrons. The summed E-state index contributed by atoms with van der Waals surface area (Å²) in [6.07, 6.45) is 20.0. The van der Waals surface area contributed by atoms with Crippen molar-refractivity contribution in [3.05, 3.63) is 60.8 Å². The molecule has 0 bridgehead atoms. The fourth-order valence-electron chi connectivity index (χ4n) is 0. The van der Waals surface area contributed by atoms with Gasteiger partial charge in [0.25, 0.3) is 0 Å². The van der Waals surface area contributed by atoms with E-state index in [2.05, 4.69) is 47.4 Å². The van der Waals surface area contributed by atoms with Crippen molar-refractivity contribution >= 4 is 0 Å². The number of rotatable bonds is 0. The third-order valence-corrected chi connectivity index (χ3v) is 2.67. The first-order chi connectivity index (χ1) is 17.2. The summed E-state index contributed by atoms with van der Waals surface area (Å²) in [7, 11) is 0. The summed E-state index contributed by atoms with van der Waals surface area (Å²) in [5.74, 6) is 21.4. The van der Waals surface area contributed by atoms with Gasteiger partial charge in [-0.2, -0.15) is 0 Å². The lowest BCUT2D eigenvalue weighted by molar-refractivity contribution is 1.64. The molecule has 0 aliphatic carbocycles. The van der Waals surface area contributed by atoms with E-state index >= 15 is 0 Å². The number of hydrogen-bond donors (Lipinski definition) is 0. The van der Waals surface area contributed by atoms with E-state index in [0.29, 0.717) is 0 Å². The summed E-state index contributed by atoms with van der Waals surface area (Å²) in [6, 6.07) is 0. The van der Waals surface area contributed by atoms with Crippen LogP contribution in [0.25, 0.3) is 0 Å². The van der Waals surface area contributed by atoms with Gasteiger partial charge in [-0.25, -0.2) is 0 Å². The molecule has 0 heterocycles.